The molecular weight excluding hydrogens is 324 g/mol. The van der Waals surface area contributed by atoms with Crippen LogP contribution in [0.3, 0.4) is 0 Å². The summed E-state index contributed by atoms with van der Waals surface area (Å²) in [5.41, 5.74) is 0.758. The van der Waals surface area contributed by atoms with Crippen LogP contribution in [0.4, 0.5) is 0 Å². The van der Waals surface area contributed by atoms with Gasteiger partial charge >= 0.3 is 11.6 Å². The molecule has 0 saturated carbocycles. The second-order valence-corrected chi connectivity index (χ2v) is 6.74. The van der Waals surface area contributed by atoms with Gasteiger partial charge in [0.25, 0.3) is 0 Å². The van der Waals surface area contributed by atoms with Crippen LogP contribution in [-0.4, -0.2) is 18.3 Å². The number of carbonyl (C=O) groups excluding carboxylic acids is 1. The lowest BCUT2D eigenvalue weighted by atomic mass is 10.2. The van der Waals surface area contributed by atoms with Crippen molar-refractivity contribution in [2.45, 2.75) is 37.5 Å². The molecule has 2 aromatic rings. The predicted molar refractivity (Wildman–Crippen MR) is 97.4 cm³/mol. The van der Waals surface area contributed by atoms with Crippen LogP contribution in [0.1, 0.15) is 32.6 Å². The van der Waals surface area contributed by atoms with Crippen LogP contribution in [-0.2, 0) is 9.53 Å². The van der Waals surface area contributed by atoms with E-state index in [-0.39, 0.29) is 11.6 Å². The first-order valence-electron chi connectivity index (χ1n) is 8.06. The van der Waals surface area contributed by atoms with E-state index in [1.807, 2.05) is 24.3 Å². The van der Waals surface area contributed by atoms with E-state index in [2.05, 4.69) is 6.58 Å². The molecule has 0 spiro atoms. The Bertz CT molecular complexity index is 763. The number of unbranched alkanes of at least 4 members (excludes halogenated alkanes) is 3. The van der Waals surface area contributed by atoms with Crippen molar-refractivity contribution in [3.05, 3.63) is 52.9 Å². The van der Waals surface area contributed by atoms with Crippen molar-refractivity contribution in [3.63, 3.8) is 0 Å². The number of rotatable bonds is 9. The fraction of sp³-hybridized carbons (Fsp3) is 0.368. The first-order valence-corrected chi connectivity index (χ1v) is 9.05. The summed E-state index contributed by atoms with van der Waals surface area (Å²) in [6.45, 7) is 5.64. The summed E-state index contributed by atoms with van der Waals surface area (Å²) in [6.07, 6.45) is 3.99. The van der Waals surface area contributed by atoms with Crippen LogP contribution in [0.15, 0.2) is 56.6 Å². The van der Waals surface area contributed by atoms with Crippen LogP contribution in [0, 0.1) is 0 Å². The summed E-state index contributed by atoms with van der Waals surface area (Å²) in [5.74, 6) is 0.624. The Labute approximate surface area is 145 Å². The minimum absolute atomic E-state index is 0.310. The fourth-order valence-corrected chi connectivity index (χ4v) is 3.30. The standard InChI is InChI=1S/C19H22O4S/c1-14(2)19(21)22-11-7-3-4-8-12-24-17-13-18(20)23-16-10-6-5-9-15(16)17/h5-6,9-10,13H,1,3-4,7-8,11-12H2,2H3. The van der Waals surface area contributed by atoms with Crippen molar-refractivity contribution in [1.29, 1.82) is 0 Å². The highest BCUT2D eigenvalue weighted by Crippen LogP contribution is 2.27. The minimum Gasteiger partial charge on any atom is -0.462 e. The lowest BCUT2D eigenvalue weighted by Gasteiger charge is -2.06. The Morgan fingerprint density at radius 1 is 1.21 bits per heavy atom. The molecule has 2 rings (SSSR count). The number of thioether (sulfide) groups is 1. The van der Waals surface area contributed by atoms with Crippen LogP contribution in [0.25, 0.3) is 11.0 Å². The van der Waals surface area contributed by atoms with Gasteiger partial charge in [0.05, 0.1) is 6.61 Å². The molecule has 0 radical (unpaired) electrons. The number of para-hydroxylation sites is 1. The molecule has 24 heavy (non-hydrogen) atoms. The molecule has 0 unspecified atom stereocenters. The largest absolute Gasteiger partial charge is 0.462 e. The topological polar surface area (TPSA) is 56.5 Å². The Morgan fingerprint density at radius 3 is 2.75 bits per heavy atom. The van der Waals surface area contributed by atoms with Crippen LogP contribution in [0.2, 0.25) is 0 Å². The van der Waals surface area contributed by atoms with E-state index in [4.69, 9.17) is 9.15 Å². The maximum absolute atomic E-state index is 11.6. The second kappa shape index (κ2) is 9.33. The lowest BCUT2D eigenvalue weighted by Crippen LogP contribution is -2.06. The number of carbonyl (C=O) groups is 1. The van der Waals surface area contributed by atoms with E-state index in [1.54, 1.807) is 24.8 Å². The molecule has 1 heterocycles. The molecule has 1 aromatic heterocycles. The third kappa shape index (κ3) is 5.57. The average Bonchev–Trinajstić information content (AvgIpc) is 2.56. The van der Waals surface area contributed by atoms with Gasteiger partial charge in [-0.25, -0.2) is 9.59 Å². The fourth-order valence-electron chi connectivity index (χ4n) is 2.23. The summed E-state index contributed by atoms with van der Waals surface area (Å²) in [4.78, 5) is 23.8. The van der Waals surface area contributed by atoms with Gasteiger partial charge in [0.2, 0.25) is 0 Å². The second-order valence-electron chi connectivity index (χ2n) is 5.60. The molecule has 0 fully saturated rings. The number of esters is 1. The molecular formula is C19H22O4S. The van der Waals surface area contributed by atoms with E-state index in [1.165, 1.54) is 0 Å². The normalized spacial score (nSPS) is 10.7. The van der Waals surface area contributed by atoms with E-state index in [9.17, 15) is 9.59 Å². The SMILES string of the molecule is C=C(C)C(=O)OCCCCCCSc1cc(=O)oc2ccccc12. The highest BCUT2D eigenvalue weighted by atomic mass is 32.2. The minimum atomic E-state index is -0.319. The first kappa shape index (κ1) is 18.3. The zero-order valence-corrected chi connectivity index (χ0v) is 14.7. The molecule has 0 bridgehead atoms. The average molecular weight is 346 g/mol. The molecule has 0 aliphatic rings. The molecule has 0 N–H and O–H groups in total. The summed E-state index contributed by atoms with van der Waals surface area (Å²) in [6, 6.07) is 9.15. The molecule has 0 aliphatic heterocycles. The van der Waals surface area contributed by atoms with Crippen molar-refractivity contribution >= 4 is 28.7 Å². The van der Waals surface area contributed by atoms with E-state index in [0.717, 1.165) is 41.7 Å². The number of benzene rings is 1. The van der Waals surface area contributed by atoms with Gasteiger partial charge in [0, 0.05) is 21.9 Å². The van der Waals surface area contributed by atoms with Crippen molar-refractivity contribution in [1.82, 2.24) is 0 Å². The van der Waals surface area contributed by atoms with Gasteiger partial charge in [-0.2, -0.15) is 0 Å². The quantitative estimate of drug-likeness (QED) is 0.219. The third-order valence-electron chi connectivity index (χ3n) is 3.49. The van der Waals surface area contributed by atoms with Crippen molar-refractivity contribution in [3.8, 4) is 0 Å². The van der Waals surface area contributed by atoms with Crippen LogP contribution in [0.5, 0.6) is 0 Å². The van der Waals surface area contributed by atoms with Gasteiger partial charge in [-0.3, -0.25) is 0 Å². The summed E-state index contributed by atoms with van der Waals surface area (Å²) in [5, 5.41) is 0.980. The smallest absolute Gasteiger partial charge is 0.337 e. The van der Waals surface area contributed by atoms with Crippen LogP contribution < -0.4 is 5.63 Å². The van der Waals surface area contributed by atoms with Gasteiger partial charge in [-0.05, 0) is 31.6 Å². The van der Waals surface area contributed by atoms with Crippen LogP contribution >= 0.6 is 11.8 Å². The zero-order chi connectivity index (χ0) is 17.4. The molecule has 4 nitrogen and oxygen atoms in total. The lowest BCUT2D eigenvalue weighted by molar-refractivity contribution is -0.139. The van der Waals surface area contributed by atoms with Gasteiger partial charge in [0.15, 0.2) is 0 Å². The summed E-state index contributed by atoms with van der Waals surface area (Å²) < 4.78 is 10.2. The Balaban J connectivity index is 1.69. The maximum Gasteiger partial charge on any atom is 0.337 e. The molecule has 5 heteroatoms. The van der Waals surface area contributed by atoms with Gasteiger partial charge < -0.3 is 9.15 Å². The van der Waals surface area contributed by atoms with E-state index >= 15 is 0 Å². The van der Waals surface area contributed by atoms with Gasteiger partial charge in [-0.15, -0.1) is 11.8 Å². The third-order valence-corrected chi connectivity index (χ3v) is 4.63. The number of hydrogen-bond acceptors (Lipinski definition) is 5. The Hall–Kier alpha value is -2.01. The number of hydrogen-bond donors (Lipinski definition) is 0. The molecule has 128 valence electrons. The molecule has 0 amide bonds. The monoisotopic (exact) mass is 346 g/mol. The first-order chi connectivity index (χ1) is 11.6. The van der Waals surface area contributed by atoms with E-state index in [0.29, 0.717) is 17.8 Å². The molecule has 0 aliphatic carbocycles. The van der Waals surface area contributed by atoms with E-state index < -0.39 is 0 Å². The number of ether oxygens (including phenoxy) is 1. The van der Waals surface area contributed by atoms with Crippen molar-refractivity contribution in [2.24, 2.45) is 0 Å². The summed E-state index contributed by atoms with van der Waals surface area (Å²) in [7, 11) is 0. The molecule has 0 atom stereocenters. The highest BCUT2D eigenvalue weighted by Gasteiger charge is 2.05. The highest BCUT2D eigenvalue weighted by molar-refractivity contribution is 7.99. The molecule has 1 aromatic carbocycles. The Kier molecular flexibility index (Phi) is 7.12. The Morgan fingerprint density at radius 2 is 1.96 bits per heavy atom. The summed E-state index contributed by atoms with van der Waals surface area (Å²) >= 11 is 1.68. The maximum atomic E-state index is 11.6. The van der Waals surface area contributed by atoms with Crippen molar-refractivity contribution in [2.75, 3.05) is 12.4 Å². The number of fused-ring (bicyclic) bond motifs is 1. The van der Waals surface area contributed by atoms with Gasteiger partial charge in [0.1, 0.15) is 5.58 Å². The van der Waals surface area contributed by atoms with Crippen molar-refractivity contribution < 1.29 is 13.9 Å². The molecule has 0 saturated heterocycles. The predicted octanol–water partition coefficient (Wildman–Crippen LogP) is 4.56. The zero-order valence-electron chi connectivity index (χ0n) is 13.9. The van der Waals surface area contributed by atoms with Gasteiger partial charge in [-0.1, -0.05) is 37.6 Å².